The van der Waals surface area contributed by atoms with Crippen molar-refractivity contribution in [3.63, 3.8) is 0 Å². The quantitative estimate of drug-likeness (QED) is 0.342. The molecule has 2 aromatic rings. The van der Waals surface area contributed by atoms with E-state index in [1.54, 1.807) is 51.2 Å². The molecule has 310 valence electrons. The lowest BCUT2D eigenvalue weighted by Crippen LogP contribution is -2.59. The minimum Gasteiger partial charge on any atom is -0.486 e. The standard InChI is InChI=1S/C40H52FN5O10S/c1-23-8-6-7-9-25-20-40(25,36(49)45-57(51,52)39(22-41)13-14-39)44-33(47)29-19-26(21-46(29)35(48)31(24(2)18-23)43-37(50)56-38(3,4)5)55-34-28-10-11-30-32(54-17-16-53-30)27(28)12-15-42-34/h7,9-12,15,23-26,29,31H,6,8,13-14,16-22H2,1-5H3,(H,43,50)(H,44,47)(H,45,49). The second kappa shape index (κ2) is 15.3. The molecule has 17 heteroatoms. The lowest BCUT2D eigenvalue weighted by atomic mass is 9.88. The largest absolute Gasteiger partial charge is 0.486 e. The average Bonchev–Trinajstić information content (AvgIpc) is 4.06. The van der Waals surface area contributed by atoms with Crippen molar-refractivity contribution in [1.82, 2.24) is 25.2 Å². The van der Waals surface area contributed by atoms with E-state index in [9.17, 15) is 32.0 Å². The number of amides is 4. The van der Waals surface area contributed by atoms with Crippen molar-refractivity contribution in [3.05, 3.63) is 36.5 Å². The minimum atomic E-state index is -4.39. The number of hydrogen-bond acceptors (Lipinski definition) is 11. The molecular weight excluding hydrogens is 762 g/mol. The summed E-state index contributed by atoms with van der Waals surface area (Å²) in [5, 5.41) is 6.95. The molecule has 4 amide bonds. The smallest absolute Gasteiger partial charge is 0.408 e. The van der Waals surface area contributed by atoms with E-state index < -0.39 is 80.5 Å². The van der Waals surface area contributed by atoms with Crippen LogP contribution in [0.4, 0.5) is 9.18 Å². The summed E-state index contributed by atoms with van der Waals surface area (Å²) in [5.74, 6) is -1.65. The molecule has 0 spiro atoms. The first-order valence-electron chi connectivity index (χ1n) is 19.7. The molecule has 1 saturated heterocycles. The third-order valence-electron chi connectivity index (χ3n) is 11.6. The predicted molar refractivity (Wildman–Crippen MR) is 206 cm³/mol. The van der Waals surface area contributed by atoms with Gasteiger partial charge in [0.15, 0.2) is 11.5 Å². The minimum absolute atomic E-state index is 0.0222. The predicted octanol–water partition coefficient (Wildman–Crippen LogP) is 4.08. The number of sulfonamides is 1. The Bertz CT molecular complexity index is 2070. The Hall–Kier alpha value is -4.67. The zero-order chi connectivity index (χ0) is 40.9. The van der Waals surface area contributed by atoms with E-state index in [0.29, 0.717) is 48.3 Å². The normalized spacial score (nSPS) is 29.8. The molecule has 4 heterocycles. The number of rotatable bonds is 7. The second-order valence-corrected chi connectivity index (χ2v) is 19.3. The van der Waals surface area contributed by atoms with Crippen molar-refractivity contribution in [2.24, 2.45) is 17.8 Å². The van der Waals surface area contributed by atoms with Crippen LogP contribution in [0.3, 0.4) is 0 Å². The first-order valence-corrected chi connectivity index (χ1v) is 21.2. The van der Waals surface area contributed by atoms with Crippen LogP contribution in [0.25, 0.3) is 10.8 Å². The van der Waals surface area contributed by atoms with E-state index in [2.05, 4.69) is 27.3 Å². The molecule has 7 rings (SSSR count). The third-order valence-corrected chi connectivity index (χ3v) is 13.7. The molecule has 1 aromatic heterocycles. The zero-order valence-electron chi connectivity index (χ0n) is 33.0. The highest BCUT2D eigenvalue weighted by Crippen LogP contribution is 2.48. The van der Waals surface area contributed by atoms with Gasteiger partial charge in [-0.05, 0) is 89.3 Å². The van der Waals surface area contributed by atoms with Gasteiger partial charge in [0.2, 0.25) is 27.7 Å². The zero-order valence-corrected chi connectivity index (χ0v) is 33.8. The van der Waals surface area contributed by atoms with Gasteiger partial charge < -0.3 is 34.5 Å². The fourth-order valence-corrected chi connectivity index (χ4v) is 9.60. The van der Waals surface area contributed by atoms with Gasteiger partial charge in [-0.3, -0.25) is 19.1 Å². The van der Waals surface area contributed by atoms with Crippen LogP contribution in [0, 0.1) is 17.8 Å². The molecule has 3 N–H and O–H groups in total. The monoisotopic (exact) mass is 813 g/mol. The van der Waals surface area contributed by atoms with Crippen molar-refractivity contribution in [3.8, 4) is 17.4 Å². The van der Waals surface area contributed by atoms with E-state index in [1.807, 2.05) is 13.0 Å². The second-order valence-electron chi connectivity index (χ2n) is 17.3. The Labute approximate surface area is 331 Å². The highest BCUT2D eigenvalue weighted by molar-refractivity contribution is 7.91. The van der Waals surface area contributed by atoms with Crippen LogP contribution in [0.5, 0.6) is 17.4 Å². The van der Waals surface area contributed by atoms with Crippen molar-refractivity contribution in [2.75, 3.05) is 26.4 Å². The molecule has 7 unspecified atom stereocenters. The molecule has 15 nitrogen and oxygen atoms in total. The van der Waals surface area contributed by atoms with Crippen molar-refractivity contribution < 1.29 is 50.9 Å². The first kappa shape index (κ1) is 40.5. The molecule has 7 atom stereocenters. The maximum atomic E-state index is 14.8. The number of carbonyl (C=O) groups is 4. The molecule has 0 bridgehead atoms. The van der Waals surface area contributed by atoms with Gasteiger partial charge in [0.05, 0.1) is 6.54 Å². The summed E-state index contributed by atoms with van der Waals surface area (Å²) in [4.78, 5) is 62.3. The summed E-state index contributed by atoms with van der Waals surface area (Å²) in [7, 11) is -4.39. The Morgan fingerprint density at radius 1 is 1.09 bits per heavy atom. The first-order chi connectivity index (χ1) is 27.0. The Kier molecular flexibility index (Phi) is 10.8. The van der Waals surface area contributed by atoms with Gasteiger partial charge in [-0.15, -0.1) is 0 Å². The molecule has 2 aliphatic carbocycles. The van der Waals surface area contributed by atoms with Gasteiger partial charge in [0.1, 0.15) is 54.0 Å². The number of nitrogens with zero attached hydrogens (tertiary/aromatic N) is 2. The topological polar surface area (TPSA) is 192 Å². The number of ether oxygens (including phenoxy) is 4. The number of benzene rings is 1. The van der Waals surface area contributed by atoms with Gasteiger partial charge in [0.25, 0.3) is 5.91 Å². The lowest BCUT2D eigenvalue weighted by molar-refractivity contribution is -0.142. The molecule has 3 aliphatic heterocycles. The van der Waals surface area contributed by atoms with Crippen LogP contribution in [0.2, 0.25) is 0 Å². The molecule has 3 fully saturated rings. The Morgan fingerprint density at radius 3 is 2.56 bits per heavy atom. The maximum Gasteiger partial charge on any atom is 0.408 e. The summed E-state index contributed by atoms with van der Waals surface area (Å²) in [6.45, 7) is 8.64. The lowest BCUT2D eigenvalue weighted by Gasteiger charge is -2.33. The number of alkyl carbamates (subject to hydrolysis) is 1. The third kappa shape index (κ3) is 8.21. The summed E-state index contributed by atoms with van der Waals surface area (Å²) < 4.78 is 64.4. The van der Waals surface area contributed by atoms with Crippen LogP contribution in [0.15, 0.2) is 36.5 Å². The van der Waals surface area contributed by atoms with Crippen molar-refractivity contribution in [2.45, 2.75) is 114 Å². The molecule has 57 heavy (non-hydrogen) atoms. The maximum absolute atomic E-state index is 14.8. The van der Waals surface area contributed by atoms with Crippen molar-refractivity contribution >= 4 is 44.6 Å². The molecule has 5 aliphatic rings. The number of pyridine rings is 1. The fourth-order valence-electron chi connectivity index (χ4n) is 8.18. The van der Waals surface area contributed by atoms with E-state index in [4.69, 9.17) is 18.9 Å². The van der Waals surface area contributed by atoms with Gasteiger partial charge in [-0.2, -0.15) is 0 Å². The summed E-state index contributed by atoms with van der Waals surface area (Å²) in [6.07, 6.45) is 5.87. The van der Waals surface area contributed by atoms with Gasteiger partial charge in [-0.1, -0.05) is 26.0 Å². The van der Waals surface area contributed by atoms with Gasteiger partial charge >= 0.3 is 6.09 Å². The number of halogens is 1. The highest BCUT2D eigenvalue weighted by atomic mass is 32.2. The number of hydrogen-bond donors (Lipinski definition) is 3. The fraction of sp³-hybridized carbons (Fsp3) is 0.625. The Balaban J connectivity index is 1.22. The van der Waals surface area contributed by atoms with E-state index in [-0.39, 0.29) is 49.9 Å². The Morgan fingerprint density at radius 2 is 1.84 bits per heavy atom. The molecule has 2 saturated carbocycles. The van der Waals surface area contributed by atoms with E-state index >= 15 is 0 Å². The molecular formula is C40H52FN5O10S. The summed E-state index contributed by atoms with van der Waals surface area (Å²) in [6, 6.07) is 3.05. The number of carbonyl (C=O) groups excluding carboxylic acids is 4. The number of fused-ring (bicyclic) bond motifs is 5. The van der Waals surface area contributed by atoms with E-state index in [0.717, 1.165) is 6.42 Å². The number of allylic oxidation sites excluding steroid dienone is 1. The molecule has 1 aromatic carbocycles. The van der Waals surface area contributed by atoms with Gasteiger partial charge in [-0.25, -0.2) is 22.6 Å². The van der Waals surface area contributed by atoms with Crippen molar-refractivity contribution in [1.29, 1.82) is 0 Å². The van der Waals surface area contributed by atoms with Crippen LogP contribution in [-0.2, 0) is 29.1 Å². The van der Waals surface area contributed by atoms with Crippen LogP contribution >= 0.6 is 0 Å². The highest BCUT2D eigenvalue weighted by Gasteiger charge is 2.64. The van der Waals surface area contributed by atoms with Gasteiger partial charge in [0, 0.05) is 29.3 Å². The van der Waals surface area contributed by atoms with Crippen LogP contribution < -0.4 is 29.6 Å². The summed E-state index contributed by atoms with van der Waals surface area (Å²) in [5.41, 5.74) is -2.51. The van der Waals surface area contributed by atoms with Crippen LogP contribution in [0.1, 0.15) is 79.6 Å². The molecule has 0 radical (unpaired) electrons. The number of nitrogens with one attached hydrogen (secondary N) is 3. The van der Waals surface area contributed by atoms with E-state index in [1.165, 1.54) is 4.90 Å². The number of aromatic nitrogens is 1. The van der Waals surface area contributed by atoms with Crippen LogP contribution in [-0.4, -0.2) is 103 Å². The average molecular weight is 814 g/mol. The summed E-state index contributed by atoms with van der Waals surface area (Å²) >= 11 is 0. The SMILES string of the molecule is CC1CCC=CC2CC2(C(=O)NS(=O)(=O)C2(CF)CC2)NC(=O)C2CC(Oc3nccc4c5c(ccc34)OCCO5)CN2C(=O)C(NC(=O)OC(C)(C)C)C(C)C1. The number of alkyl halides is 1.